The summed E-state index contributed by atoms with van der Waals surface area (Å²) in [5, 5.41) is 4.74. The van der Waals surface area contributed by atoms with E-state index in [4.69, 9.17) is 0 Å². The van der Waals surface area contributed by atoms with Crippen LogP contribution in [0.5, 0.6) is 0 Å². The zero-order chi connectivity index (χ0) is 12.9. The average Bonchev–Trinajstić information content (AvgIpc) is 2.68. The summed E-state index contributed by atoms with van der Waals surface area (Å²) < 4.78 is 0. The Morgan fingerprint density at radius 2 is 2.11 bits per heavy atom. The molecule has 0 bridgehead atoms. The van der Waals surface area contributed by atoms with Crippen LogP contribution >= 0.6 is 0 Å². The first-order valence-corrected chi connectivity index (χ1v) is 7.09. The van der Waals surface area contributed by atoms with Gasteiger partial charge >= 0.3 is 0 Å². The van der Waals surface area contributed by atoms with Crippen LogP contribution in [0.25, 0.3) is 17.0 Å². The summed E-state index contributed by atoms with van der Waals surface area (Å²) >= 11 is 0. The molecule has 0 radical (unpaired) electrons. The fourth-order valence-electron chi connectivity index (χ4n) is 2.64. The Balaban J connectivity index is 1.65. The van der Waals surface area contributed by atoms with Gasteiger partial charge in [-0.3, -0.25) is 4.90 Å². The SMILES string of the molecule is C(=C\c1c[nH]c2ccccc12)/CN1CCCNCC1. The second kappa shape index (κ2) is 6.04. The smallest absolute Gasteiger partial charge is 0.0460 e. The Bertz CT molecular complexity index is 548. The van der Waals surface area contributed by atoms with E-state index >= 15 is 0 Å². The number of rotatable bonds is 3. The molecule has 0 atom stereocenters. The number of hydrogen-bond acceptors (Lipinski definition) is 2. The molecule has 1 aromatic heterocycles. The van der Waals surface area contributed by atoms with E-state index in [1.165, 1.54) is 29.4 Å². The van der Waals surface area contributed by atoms with Gasteiger partial charge in [-0.1, -0.05) is 30.4 Å². The number of hydrogen-bond donors (Lipinski definition) is 2. The van der Waals surface area contributed by atoms with Crippen molar-refractivity contribution in [2.75, 3.05) is 32.7 Å². The Kier molecular flexibility index (Phi) is 3.96. The lowest BCUT2D eigenvalue weighted by Crippen LogP contribution is -2.28. The monoisotopic (exact) mass is 255 g/mol. The molecule has 0 amide bonds. The highest BCUT2D eigenvalue weighted by Gasteiger charge is 2.06. The van der Waals surface area contributed by atoms with Gasteiger partial charge in [-0.25, -0.2) is 0 Å². The van der Waals surface area contributed by atoms with Crippen LogP contribution in [0, 0.1) is 0 Å². The largest absolute Gasteiger partial charge is 0.361 e. The maximum atomic E-state index is 3.43. The van der Waals surface area contributed by atoms with Gasteiger partial charge in [0.05, 0.1) is 0 Å². The Morgan fingerprint density at radius 1 is 1.16 bits per heavy atom. The van der Waals surface area contributed by atoms with Crippen molar-refractivity contribution >= 4 is 17.0 Å². The van der Waals surface area contributed by atoms with Crippen molar-refractivity contribution in [2.45, 2.75) is 6.42 Å². The van der Waals surface area contributed by atoms with E-state index in [9.17, 15) is 0 Å². The van der Waals surface area contributed by atoms with Gasteiger partial charge in [0.2, 0.25) is 0 Å². The van der Waals surface area contributed by atoms with E-state index in [-0.39, 0.29) is 0 Å². The van der Waals surface area contributed by atoms with Crippen molar-refractivity contribution in [1.29, 1.82) is 0 Å². The maximum Gasteiger partial charge on any atom is 0.0460 e. The summed E-state index contributed by atoms with van der Waals surface area (Å²) in [4.78, 5) is 5.82. The summed E-state index contributed by atoms with van der Waals surface area (Å²) in [6, 6.07) is 8.44. The molecular formula is C16H21N3. The molecule has 1 aliphatic rings. The van der Waals surface area contributed by atoms with Crippen molar-refractivity contribution < 1.29 is 0 Å². The highest BCUT2D eigenvalue weighted by atomic mass is 15.1. The molecule has 0 aliphatic carbocycles. The molecule has 1 aromatic carbocycles. The molecule has 2 aromatic rings. The molecule has 3 nitrogen and oxygen atoms in total. The lowest BCUT2D eigenvalue weighted by molar-refractivity contribution is 0.324. The summed E-state index contributed by atoms with van der Waals surface area (Å²) in [5.74, 6) is 0. The Labute approximate surface area is 114 Å². The van der Waals surface area contributed by atoms with Crippen LogP contribution in [0.15, 0.2) is 36.5 Å². The second-order valence-corrected chi connectivity index (χ2v) is 5.10. The highest BCUT2D eigenvalue weighted by Crippen LogP contribution is 2.18. The van der Waals surface area contributed by atoms with Gasteiger partial charge in [-0.2, -0.15) is 0 Å². The Morgan fingerprint density at radius 3 is 3.11 bits per heavy atom. The van der Waals surface area contributed by atoms with Gasteiger partial charge in [0, 0.05) is 36.7 Å². The molecule has 0 spiro atoms. The number of aromatic amines is 1. The summed E-state index contributed by atoms with van der Waals surface area (Å²) in [6.45, 7) is 5.66. The molecule has 1 fully saturated rings. The van der Waals surface area contributed by atoms with Gasteiger partial charge in [0.15, 0.2) is 0 Å². The third-order valence-corrected chi connectivity index (χ3v) is 3.71. The van der Waals surface area contributed by atoms with E-state index in [0.717, 1.165) is 26.2 Å². The van der Waals surface area contributed by atoms with Crippen molar-refractivity contribution in [2.24, 2.45) is 0 Å². The first kappa shape index (κ1) is 12.5. The fourth-order valence-corrected chi connectivity index (χ4v) is 2.64. The van der Waals surface area contributed by atoms with Crippen LogP contribution in [0.3, 0.4) is 0 Å². The highest BCUT2D eigenvalue weighted by molar-refractivity contribution is 5.88. The zero-order valence-corrected chi connectivity index (χ0v) is 11.2. The van der Waals surface area contributed by atoms with Crippen LogP contribution in [0.1, 0.15) is 12.0 Å². The van der Waals surface area contributed by atoms with Gasteiger partial charge in [0.1, 0.15) is 0 Å². The standard InChI is InChI=1S/C16H21N3/c1-2-7-16-15(6-1)14(13-18-16)5-3-10-19-11-4-8-17-9-12-19/h1-3,5-7,13,17-18H,4,8-12H2/b5-3+. The molecule has 0 saturated carbocycles. The van der Waals surface area contributed by atoms with Crippen LogP contribution in [0.4, 0.5) is 0 Å². The molecule has 0 unspecified atom stereocenters. The molecule has 100 valence electrons. The van der Waals surface area contributed by atoms with E-state index in [1.807, 2.05) is 0 Å². The number of nitrogens with one attached hydrogen (secondary N) is 2. The third-order valence-electron chi connectivity index (χ3n) is 3.71. The van der Waals surface area contributed by atoms with Crippen LogP contribution in [0.2, 0.25) is 0 Å². The number of nitrogens with zero attached hydrogens (tertiary/aromatic N) is 1. The predicted octanol–water partition coefficient (Wildman–Crippen LogP) is 2.48. The topological polar surface area (TPSA) is 31.1 Å². The minimum Gasteiger partial charge on any atom is -0.361 e. The minimum absolute atomic E-state index is 1.04. The number of benzene rings is 1. The third kappa shape index (κ3) is 3.06. The molecule has 3 heteroatoms. The van der Waals surface area contributed by atoms with Crippen molar-refractivity contribution in [3.63, 3.8) is 0 Å². The zero-order valence-electron chi connectivity index (χ0n) is 11.2. The van der Waals surface area contributed by atoms with Crippen LogP contribution in [-0.4, -0.2) is 42.6 Å². The first-order chi connectivity index (χ1) is 9.43. The molecule has 3 rings (SSSR count). The molecule has 2 heterocycles. The fraction of sp³-hybridized carbons (Fsp3) is 0.375. The van der Waals surface area contributed by atoms with Crippen LogP contribution in [-0.2, 0) is 0 Å². The molecule has 2 N–H and O–H groups in total. The Hall–Kier alpha value is -1.58. The number of H-pyrrole nitrogens is 1. The van der Waals surface area contributed by atoms with Gasteiger partial charge in [-0.15, -0.1) is 0 Å². The first-order valence-electron chi connectivity index (χ1n) is 7.09. The van der Waals surface area contributed by atoms with Gasteiger partial charge < -0.3 is 10.3 Å². The van der Waals surface area contributed by atoms with E-state index < -0.39 is 0 Å². The molecule has 1 aliphatic heterocycles. The lowest BCUT2D eigenvalue weighted by atomic mass is 10.1. The molecule has 1 saturated heterocycles. The second-order valence-electron chi connectivity index (χ2n) is 5.10. The number of para-hydroxylation sites is 1. The van der Waals surface area contributed by atoms with Crippen molar-refractivity contribution in [1.82, 2.24) is 15.2 Å². The predicted molar refractivity (Wildman–Crippen MR) is 81.3 cm³/mol. The minimum atomic E-state index is 1.04. The normalized spacial score (nSPS) is 18.1. The quantitative estimate of drug-likeness (QED) is 0.883. The number of fused-ring (bicyclic) bond motifs is 1. The van der Waals surface area contributed by atoms with E-state index in [2.05, 4.69) is 57.8 Å². The lowest BCUT2D eigenvalue weighted by Gasteiger charge is -2.16. The van der Waals surface area contributed by atoms with Crippen molar-refractivity contribution in [3.05, 3.63) is 42.1 Å². The summed E-state index contributed by atoms with van der Waals surface area (Å²) in [5.41, 5.74) is 2.49. The summed E-state index contributed by atoms with van der Waals surface area (Å²) in [6.07, 6.45) is 7.85. The molecule has 19 heavy (non-hydrogen) atoms. The van der Waals surface area contributed by atoms with Crippen molar-refractivity contribution in [3.8, 4) is 0 Å². The molecular weight excluding hydrogens is 234 g/mol. The van der Waals surface area contributed by atoms with Crippen LogP contribution < -0.4 is 5.32 Å². The van der Waals surface area contributed by atoms with E-state index in [1.54, 1.807) is 0 Å². The maximum absolute atomic E-state index is 3.43. The van der Waals surface area contributed by atoms with Gasteiger partial charge in [-0.05, 0) is 31.1 Å². The summed E-state index contributed by atoms with van der Waals surface area (Å²) in [7, 11) is 0. The number of aromatic nitrogens is 1. The van der Waals surface area contributed by atoms with E-state index in [0.29, 0.717) is 0 Å². The van der Waals surface area contributed by atoms with Gasteiger partial charge in [0.25, 0.3) is 0 Å². The average molecular weight is 255 g/mol.